The molecule has 134 valence electrons. The fourth-order valence-electron chi connectivity index (χ4n) is 2.99. The molecule has 1 atom stereocenters. The monoisotopic (exact) mass is 363 g/mol. The Labute approximate surface area is 152 Å². The standard InChI is InChI=1S/C19H22ClNO4/c1-18(2)24-13-16(25-18)17(22)21-10-8-19(23,9-11-21)7-6-14-4-3-5-15(20)12-14/h3-5,12,16,23H,8-11,13H2,1-2H3/t16-/m0/s1. The van der Waals surface area contributed by atoms with Crippen LogP contribution < -0.4 is 0 Å². The number of halogens is 1. The zero-order chi connectivity index (χ0) is 18.1. The summed E-state index contributed by atoms with van der Waals surface area (Å²) < 4.78 is 11.1. The Morgan fingerprint density at radius 1 is 1.36 bits per heavy atom. The fraction of sp³-hybridized carbons (Fsp3) is 0.526. The second-order valence-electron chi connectivity index (χ2n) is 6.93. The molecule has 25 heavy (non-hydrogen) atoms. The van der Waals surface area contributed by atoms with Crippen LogP contribution in [-0.2, 0) is 14.3 Å². The highest BCUT2D eigenvalue weighted by Crippen LogP contribution is 2.27. The van der Waals surface area contributed by atoms with E-state index in [4.69, 9.17) is 21.1 Å². The Morgan fingerprint density at radius 3 is 2.68 bits per heavy atom. The molecule has 2 saturated heterocycles. The number of piperidine rings is 1. The van der Waals surface area contributed by atoms with Gasteiger partial charge in [-0.3, -0.25) is 4.79 Å². The lowest BCUT2D eigenvalue weighted by atomic mass is 9.91. The summed E-state index contributed by atoms with van der Waals surface area (Å²) in [5.41, 5.74) is -0.330. The largest absolute Gasteiger partial charge is 0.377 e. The predicted molar refractivity (Wildman–Crippen MR) is 94.0 cm³/mol. The zero-order valence-electron chi connectivity index (χ0n) is 14.4. The summed E-state index contributed by atoms with van der Waals surface area (Å²) >= 11 is 5.94. The van der Waals surface area contributed by atoms with Crippen LogP contribution in [0.4, 0.5) is 0 Å². The van der Waals surface area contributed by atoms with Crippen LogP contribution >= 0.6 is 11.6 Å². The highest BCUT2D eigenvalue weighted by molar-refractivity contribution is 6.30. The maximum absolute atomic E-state index is 12.5. The van der Waals surface area contributed by atoms with Gasteiger partial charge in [0.15, 0.2) is 11.9 Å². The lowest BCUT2D eigenvalue weighted by Gasteiger charge is -2.36. The van der Waals surface area contributed by atoms with E-state index in [1.807, 2.05) is 12.1 Å². The number of likely N-dealkylation sites (tertiary alicyclic amines) is 1. The van der Waals surface area contributed by atoms with Crippen molar-refractivity contribution in [2.45, 2.75) is 44.2 Å². The van der Waals surface area contributed by atoms with E-state index in [9.17, 15) is 9.90 Å². The summed E-state index contributed by atoms with van der Waals surface area (Å²) in [4.78, 5) is 14.2. The Kier molecular flexibility index (Phi) is 5.08. The highest BCUT2D eigenvalue weighted by Gasteiger charge is 2.41. The number of nitrogens with zero attached hydrogens (tertiary/aromatic N) is 1. The van der Waals surface area contributed by atoms with Gasteiger partial charge in [0.25, 0.3) is 5.91 Å². The van der Waals surface area contributed by atoms with Crippen LogP contribution in [-0.4, -0.2) is 53.1 Å². The molecule has 1 N–H and O–H groups in total. The SMILES string of the molecule is CC1(C)OC[C@@H](C(=O)N2CCC(O)(C#Cc3cccc(Cl)c3)CC2)O1. The van der Waals surface area contributed by atoms with Gasteiger partial charge in [-0.2, -0.15) is 0 Å². The maximum Gasteiger partial charge on any atom is 0.254 e. The molecule has 3 rings (SSSR count). The average Bonchev–Trinajstić information content (AvgIpc) is 2.93. The summed E-state index contributed by atoms with van der Waals surface area (Å²) in [5, 5.41) is 11.3. The number of benzene rings is 1. The lowest BCUT2D eigenvalue weighted by Crippen LogP contribution is -2.49. The quantitative estimate of drug-likeness (QED) is 0.777. The lowest BCUT2D eigenvalue weighted by molar-refractivity contribution is -0.162. The number of carbonyl (C=O) groups is 1. The van der Waals surface area contributed by atoms with Crippen LogP contribution in [0, 0.1) is 11.8 Å². The number of hydrogen-bond donors (Lipinski definition) is 1. The molecule has 0 aliphatic carbocycles. The molecular formula is C19H22ClNO4. The van der Waals surface area contributed by atoms with Gasteiger partial charge in [-0.25, -0.2) is 0 Å². The molecule has 1 aromatic rings. The number of carbonyl (C=O) groups excluding carboxylic acids is 1. The van der Waals surface area contributed by atoms with E-state index >= 15 is 0 Å². The normalized spacial score (nSPS) is 24.5. The molecule has 0 unspecified atom stereocenters. The van der Waals surface area contributed by atoms with Crippen molar-refractivity contribution in [2.24, 2.45) is 0 Å². The van der Waals surface area contributed by atoms with Gasteiger partial charge in [-0.1, -0.05) is 29.5 Å². The first-order valence-corrected chi connectivity index (χ1v) is 8.76. The van der Waals surface area contributed by atoms with Crippen LogP contribution in [0.15, 0.2) is 24.3 Å². The molecular weight excluding hydrogens is 342 g/mol. The smallest absolute Gasteiger partial charge is 0.254 e. The van der Waals surface area contributed by atoms with Crippen molar-refractivity contribution < 1.29 is 19.4 Å². The molecule has 0 spiro atoms. The van der Waals surface area contributed by atoms with Crippen LogP contribution in [0.25, 0.3) is 0 Å². The predicted octanol–water partition coefficient (Wildman–Crippen LogP) is 2.20. The molecule has 6 heteroatoms. The van der Waals surface area contributed by atoms with Crippen molar-refractivity contribution in [3.05, 3.63) is 34.9 Å². The van der Waals surface area contributed by atoms with Gasteiger partial charge in [0.05, 0.1) is 6.61 Å². The van der Waals surface area contributed by atoms with Gasteiger partial charge in [0.1, 0.15) is 5.60 Å². The van der Waals surface area contributed by atoms with Crippen LogP contribution in [0.5, 0.6) is 0 Å². The van der Waals surface area contributed by atoms with E-state index in [2.05, 4.69) is 11.8 Å². The molecule has 2 fully saturated rings. The first kappa shape index (κ1) is 18.2. The zero-order valence-corrected chi connectivity index (χ0v) is 15.2. The number of aliphatic hydroxyl groups is 1. The first-order chi connectivity index (χ1) is 11.8. The van der Waals surface area contributed by atoms with Crippen molar-refractivity contribution in [2.75, 3.05) is 19.7 Å². The van der Waals surface area contributed by atoms with E-state index in [0.29, 0.717) is 31.0 Å². The van der Waals surface area contributed by atoms with Crippen LogP contribution in [0.1, 0.15) is 32.3 Å². The molecule has 1 amide bonds. The molecule has 1 aromatic carbocycles. The second kappa shape index (κ2) is 6.97. The summed E-state index contributed by atoms with van der Waals surface area (Å²) in [7, 11) is 0. The Hall–Kier alpha value is -1.58. The average molecular weight is 364 g/mol. The summed E-state index contributed by atoms with van der Waals surface area (Å²) in [6.07, 6.45) is 0.241. The number of rotatable bonds is 1. The van der Waals surface area contributed by atoms with E-state index in [0.717, 1.165) is 5.56 Å². The minimum Gasteiger partial charge on any atom is -0.377 e. The van der Waals surface area contributed by atoms with Crippen molar-refractivity contribution in [3.8, 4) is 11.8 Å². The second-order valence-corrected chi connectivity index (χ2v) is 7.37. The molecule has 2 heterocycles. The highest BCUT2D eigenvalue weighted by atomic mass is 35.5. The fourth-order valence-corrected chi connectivity index (χ4v) is 3.18. The third-order valence-electron chi connectivity index (χ3n) is 4.45. The van der Waals surface area contributed by atoms with Crippen molar-refractivity contribution in [1.29, 1.82) is 0 Å². The number of ether oxygens (including phenoxy) is 2. The topological polar surface area (TPSA) is 59.0 Å². The first-order valence-electron chi connectivity index (χ1n) is 8.38. The van der Waals surface area contributed by atoms with Gasteiger partial charge >= 0.3 is 0 Å². The van der Waals surface area contributed by atoms with Crippen LogP contribution in [0.3, 0.4) is 0 Å². The van der Waals surface area contributed by atoms with E-state index in [1.165, 1.54) is 0 Å². The third-order valence-corrected chi connectivity index (χ3v) is 4.69. The Balaban J connectivity index is 1.59. The molecule has 0 bridgehead atoms. The summed E-state index contributed by atoms with van der Waals surface area (Å²) in [6, 6.07) is 7.21. The van der Waals surface area contributed by atoms with E-state index in [1.54, 1.807) is 30.9 Å². The van der Waals surface area contributed by atoms with Crippen molar-refractivity contribution in [1.82, 2.24) is 4.90 Å². The maximum atomic E-state index is 12.5. The number of hydrogen-bond acceptors (Lipinski definition) is 4. The van der Waals surface area contributed by atoms with Gasteiger partial charge in [0, 0.05) is 36.5 Å². The van der Waals surface area contributed by atoms with Crippen molar-refractivity contribution >= 4 is 17.5 Å². The molecule has 0 saturated carbocycles. The van der Waals surface area contributed by atoms with E-state index in [-0.39, 0.29) is 12.5 Å². The number of amides is 1. The Morgan fingerprint density at radius 2 is 2.08 bits per heavy atom. The molecule has 0 radical (unpaired) electrons. The van der Waals surface area contributed by atoms with Gasteiger partial charge in [-0.05, 0) is 32.0 Å². The minimum absolute atomic E-state index is 0.0876. The van der Waals surface area contributed by atoms with Gasteiger partial charge in [-0.15, -0.1) is 0 Å². The van der Waals surface area contributed by atoms with Gasteiger partial charge in [0.2, 0.25) is 0 Å². The molecule has 5 nitrogen and oxygen atoms in total. The summed E-state index contributed by atoms with van der Waals surface area (Å²) in [5.74, 6) is 5.10. The molecule has 2 aliphatic rings. The van der Waals surface area contributed by atoms with Crippen molar-refractivity contribution in [3.63, 3.8) is 0 Å². The Bertz CT molecular complexity index is 714. The van der Waals surface area contributed by atoms with Gasteiger partial charge < -0.3 is 19.5 Å². The molecule has 2 aliphatic heterocycles. The minimum atomic E-state index is -1.09. The molecule has 0 aromatic heterocycles. The third kappa shape index (κ3) is 4.53. The summed E-state index contributed by atoms with van der Waals surface area (Å²) in [6.45, 7) is 4.74. The van der Waals surface area contributed by atoms with E-state index < -0.39 is 17.5 Å². The van der Waals surface area contributed by atoms with Crippen LogP contribution in [0.2, 0.25) is 5.02 Å².